The summed E-state index contributed by atoms with van der Waals surface area (Å²) in [5.74, 6) is 0. The van der Waals surface area contributed by atoms with E-state index in [-0.39, 0.29) is 0 Å². The number of hydrogen-bond acceptors (Lipinski definition) is 1. The number of aromatic nitrogens is 1. The van der Waals surface area contributed by atoms with Crippen LogP contribution in [0.25, 0.3) is 10.9 Å². The Kier molecular flexibility index (Phi) is 4.34. The van der Waals surface area contributed by atoms with E-state index in [2.05, 4.69) is 98.8 Å². The van der Waals surface area contributed by atoms with Crippen LogP contribution in [0.5, 0.6) is 0 Å². The van der Waals surface area contributed by atoms with Crippen molar-refractivity contribution < 1.29 is 0 Å². The molecular weight excluding hydrogens is 321 g/mol. The van der Waals surface area contributed by atoms with Gasteiger partial charge in [-0.05, 0) is 48.2 Å². The molecule has 1 aromatic heterocycles. The lowest BCUT2D eigenvalue weighted by atomic mass is 10.1. The van der Waals surface area contributed by atoms with E-state index in [4.69, 9.17) is 4.98 Å². The lowest BCUT2D eigenvalue weighted by Gasteiger charge is -2.19. The van der Waals surface area contributed by atoms with Gasteiger partial charge in [0.1, 0.15) is 0 Å². The predicted molar refractivity (Wildman–Crippen MR) is 110 cm³/mol. The van der Waals surface area contributed by atoms with Crippen LogP contribution in [0.1, 0.15) is 11.1 Å². The van der Waals surface area contributed by atoms with Gasteiger partial charge in [-0.3, -0.25) is 0 Å². The highest BCUT2D eigenvalue weighted by Crippen LogP contribution is 2.33. The highest BCUT2D eigenvalue weighted by Gasteiger charge is 2.18. The van der Waals surface area contributed by atoms with Gasteiger partial charge in [-0.2, -0.15) is 0 Å². The first-order valence-electron chi connectivity index (χ1n) is 8.50. The van der Waals surface area contributed by atoms with Crippen LogP contribution >= 0.6 is 7.92 Å². The van der Waals surface area contributed by atoms with Crippen LogP contribution in [0.2, 0.25) is 0 Å². The van der Waals surface area contributed by atoms with Crippen molar-refractivity contribution in [2.24, 2.45) is 0 Å². The second kappa shape index (κ2) is 6.78. The molecule has 0 aliphatic rings. The average molecular weight is 341 g/mol. The molecule has 0 fully saturated rings. The smallest absolute Gasteiger partial charge is 0.0731 e. The standard InChI is InChI=1S/C23H20NP/c1-17-13-14-22-21(15-17)18(2)16-23(24-22)25(19-9-5-3-6-10-19)20-11-7-4-8-12-20/h3-16H,1-2H3. The lowest BCUT2D eigenvalue weighted by molar-refractivity contribution is 1.40. The maximum absolute atomic E-state index is 5.06. The molecule has 2 heteroatoms. The first kappa shape index (κ1) is 16.0. The molecule has 0 saturated heterocycles. The van der Waals surface area contributed by atoms with Gasteiger partial charge in [0.2, 0.25) is 0 Å². The Balaban J connectivity index is 1.94. The van der Waals surface area contributed by atoms with Gasteiger partial charge in [0.05, 0.1) is 11.0 Å². The van der Waals surface area contributed by atoms with Crippen LogP contribution in [-0.2, 0) is 0 Å². The van der Waals surface area contributed by atoms with Gasteiger partial charge in [-0.15, -0.1) is 0 Å². The van der Waals surface area contributed by atoms with Gasteiger partial charge in [0.15, 0.2) is 0 Å². The molecule has 0 unspecified atom stereocenters. The number of benzene rings is 3. The second-order valence-electron chi connectivity index (χ2n) is 6.32. The summed E-state index contributed by atoms with van der Waals surface area (Å²) in [6, 6.07) is 30.3. The predicted octanol–water partition coefficient (Wildman–Crippen LogP) is 4.61. The Labute approximate surface area is 150 Å². The Morgan fingerprint density at radius 3 is 1.88 bits per heavy atom. The third-order valence-electron chi connectivity index (χ3n) is 4.42. The summed E-state index contributed by atoms with van der Waals surface area (Å²) < 4.78 is 0. The number of fused-ring (bicyclic) bond motifs is 1. The van der Waals surface area contributed by atoms with Crippen molar-refractivity contribution in [1.82, 2.24) is 4.98 Å². The molecule has 122 valence electrons. The van der Waals surface area contributed by atoms with Crippen LogP contribution < -0.4 is 16.0 Å². The van der Waals surface area contributed by atoms with E-state index in [1.54, 1.807) is 0 Å². The zero-order valence-corrected chi connectivity index (χ0v) is 15.4. The summed E-state index contributed by atoms with van der Waals surface area (Å²) >= 11 is 0. The summed E-state index contributed by atoms with van der Waals surface area (Å²) in [7, 11) is -0.654. The van der Waals surface area contributed by atoms with Crippen LogP contribution in [0.4, 0.5) is 0 Å². The zero-order valence-electron chi connectivity index (χ0n) is 14.5. The minimum Gasteiger partial charge on any atom is -0.247 e. The molecule has 0 aliphatic heterocycles. The normalized spacial score (nSPS) is 11.2. The van der Waals surface area contributed by atoms with Gasteiger partial charge in [-0.25, -0.2) is 4.98 Å². The molecule has 1 heterocycles. The summed E-state index contributed by atoms with van der Waals surface area (Å²) in [6.07, 6.45) is 0. The lowest BCUT2D eigenvalue weighted by Crippen LogP contribution is -2.23. The van der Waals surface area contributed by atoms with E-state index in [9.17, 15) is 0 Å². The molecule has 0 saturated carbocycles. The largest absolute Gasteiger partial charge is 0.247 e. The molecule has 0 amide bonds. The maximum atomic E-state index is 5.06. The Bertz CT molecular complexity index is 971. The van der Waals surface area contributed by atoms with Crippen LogP contribution in [0, 0.1) is 13.8 Å². The molecule has 1 nitrogen and oxygen atoms in total. The summed E-state index contributed by atoms with van der Waals surface area (Å²) in [5, 5.41) is 3.92. The average Bonchev–Trinajstić information content (AvgIpc) is 2.64. The van der Waals surface area contributed by atoms with Gasteiger partial charge < -0.3 is 0 Å². The van der Waals surface area contributed by atoms with Crippen LogP contribution in [0.3, 0.4) is 0 Å². The second-order valence-corrected chi connectivity index (χ2v) is 8.49. The van der Waals surface area contributed by atoms with E-state index >= 15 is 0 Å². The first-order chi connectivity index (χ1) is 12.2. The molecular formula is C23H20NP. The fourth-order valence-electron chi connectivity index (χ4n) is 3.17. The van der Waals surface area contributed by atoms with Crippen molar-refractivity contribution in [3.63, 3.8) is 0 Å². The molecule has 0 N–H and O–H groups in total. The summed E-state index contributed by atoms with van der Waals surface area (Å²) in [5.41, 5.74) is 4.82. The third kappa shape index (κ3) is 3.21. The molecule has 3 aromatic carbocycles. The van der Waals surface area contributed by atoms with Crippen molar-refractivity contribution in [3.8, 4) is 0 Å². The number of rotatable bonds is 3. The van der Waals surface area contributed by atoms with Gasteiger partial charge in [-0.1, -0.05) is 72.3 Å². The zero-order chi connectivity index (χ0) is 17.2. The SMILES string of the molecule is Cc1ccc2nc(P(c3ccccc3)c3ccccc3)cc(C)c2c1. The van der Waals surface area contributed by atoms with Crippen molar-refractivity contribution >= 4 is 34.9 Å². The van der Waals surface area contributed by atoms with Crippen molar-refractivity contribution in [3.05, 3.63) is 96.1 Å². The van der Waals surface area contributed by atoms with Crippen LogP contribution in [-0.4, -0.2) is 4.98 Å². The Hall–Kier alpha value is -2.50. The molecule has 0 atom stereocenters. The number of hydrogen-bond donors (Lipinski definition) is 0. The van der Waals surface area contributed by atoms with E-state index in [0.717, 1.165) is 5.52 Å². The quantitative estimate of drug-likeness (QED) is 0.496. The van der Waals surface area contributed by atoms with Gasteiger partial charge in [0, 0.05) is 13.3 Å². The Morgan fingerprint density at radius 1 is 0.680 bits per heavy atom. The van der Waals surface area contributed by atoms with E-state index in [1.165, 1.54) is 32.6 Å². The maximum Gasteiger partial charge on any atom is 0.0731 e. The summed E-state index contributed by atoms with van der Waals surface area (Å²) in [4.78, 5) is 5.06. The molecule has 0 aliphatic carbocycles. The summed E-state index contributed by atoms with van der Waals surface area (Å²) in [6.45, 7) is 4.32. The number of pyridine rings is 1. The highest BCUT2D eigenvalue weighted by atomic mass is 31.1. The molecule has 0 bridgehead atoms. The first-order valence-corrected chi connectivity index (χ1v) is 9.85. The number of aryl methyl sites for hydroxylation is 2. The third-order valence-corrected chi connectivity index (χ3v) is 6.73. The van der Waals surface area contributed by atoms with Crippen molar-refractivity contribution in [2.45, 2.75) is 13.8 Å². The molecule has 4 rings (SSSR count). The van der Waals surface area contributed by atoms with Gasteiger partial charge >= 0.3 is 0 Å². The number of nitrogens with zero attached hydrogens (tertiary/aromatic N) is 1. The minimum absolute atomic E-state index is 0.654. The molecule has 25 heavy (non-hydrogen) atoms. The molecule has 4 aromatic rings. The fourth-order valence-corrected chi connectivity index (χ4v) is 5.47. The van der Waals surface area contributed by atoms with E-state index in [1.807, 2.05) is 0 Å². The van der Waals surface area contributed by atoms with E-state index < -0.39 is 7.92 Å². The van der Waals surface area contributed by atoms with E-state index in [0.29, 0.717) is 0 Å². The van der Waals surface area contributed by atoms with Gasteiger partial charge in [0.25, 0.3) is 0 Å². The Morgan fingerprint density at radius 2 is 1.28 bits per heavy atom. The monoisotopic (exact) mass is 341 g/mol. The minimum atomic E-state index is -0.654. The topological polar surface area (TPSA) is 12.9 Å². The molecule has 0 radical (unpaired) electrons. The van der Waals surface area contributed by atoms with Crippen molar-refractivity contribution in [2.75, 3.05) is 0 Å². The fraction of sp³-hybridized carbons (Fsp3) is 0.0870. The van der Waals surface area contributed by atoms with Crippen LogP contribution in [0.15, 0.2) is 84.9 Å². The highest BCUT2D eigenvalue weighted by molar-refractivity contribution is 7.79. The van der Waals surface area contributed by atoms with Crippen molar-refractivity contribution in [1.29, 1.82) is 0 Å². The molecule has 0 spiro atoms.